The number of pyridine rings is 4. The predicted molar refractivity (Wildman–Crippen MR) is 614 cm³/mol. The number of hydrogen-bond donors (Lipinski definition) is 8. The summed E-state index contributed by atoms with van der Waals surface area (Å²) in [6, 6.07) is 59.4. The Hall–Kier alpha value is -8.00. The monoisotopic (exact) mass is 2720 g/mol. The summed E-state index contributed by atoms with van der Waals surface area (Å²) in [7, 11) is 0. The molecule has 16 heteroatoms. The molecular formula is C132H180Ir4N4O8-4. The zero-order valence-corrected chi connectivity index (χ0v) is 105. The van der Waals surface area contributed by atoms with Gasteiger partial charge in [-0.1, -0.05) is 302 Å². The van der Waals surface area contributed by atoms with Crippen LogP contribution >= 0.6 is 0 Å². The largest absolute Gasteiger partial charge is 0.513 e. The summed E-state index contributed by atoms with van der Waals surface area (Å²) < 4.78 is 0. The minimum Gasteiger partial charge on any atom is -0.513 e. The first-order chi connectivity index (χ1) is 67.7. The van der Waals surface area contributed by atoms with Gasteiger partial charge in [0.1, 0.15) is 0 Å². The first kappa shape index (κ1) is 134. The average Bonchev–Trinajstić information content (AvgIpc) is 0.887. The molecule has 2 fully saturated rings. The van der Waals surface area contributed by atoms with Crippen molar-refractivity contribution in [2.75, 3.05) is 0 Å². The molecule has 8 N–H and O–H groups in total. The van der Waals surface area contributed by atoms with Crippen molar-refractivity contribution in [3.8, 4) is 45.0 Å². The van der Waals surface area contributed by atoms with Crippen LogP contribution in [0.2, 0.25) is 0 Å². The van der Waals surface area contributed by atoms with E-state index in [0.717, 1.165) is 86.4 Å². The standard InChI is InChI=1S/C27H30N.C25H30N.2C23H26N.C11H22O2.2C9H18O2.C5H10O2.4Ir/c1-18-13-19(2)15-23(14-18)27-26-17-25(21-9-5-6-10-21)24(20-7-3-4-8-20)16-22(26)11-12-28-27;1-16(2)9-20-7-8-23-24(14-20)22(10-17(3)4)15-26-25(23)21-12-18(5)11-19(6)13-21;2*1-14(2)18-12-21(15(3)4)20-7-8-24-23(22(20)13-18)19-10-16(5)9-17(6)11-19;1-8(2)5-10(12)7-11(13)6-9(3)4;2*1-6(2)8(10)5-9(11)7(3)4;1-4(6)3-5(2)7;;;;/h11-14,16-17,20-21H,3-10H2,1-2H3;7-8,11-12,14-17H,9-10H2,1-6H3;2*7-10,12-15H,1-6H3;7-10,12-13H,5-6H2,1-4H3;2*5-8,10-11H,1-4H3;3-4,6-7H,1-2H3;;;;/q4*-1;;;;;;;;. The minimum absolute atomic E-state index is 0. The van der Waals surface area contributed by atoms with E-state index in [1.165, 1.54) is 181 Å². The first-order valence-electron chi connectivity index (χ1n) is 53.7. The van der Waals surface area contributed by atoms with Crippen molar-refractivity contribution in [1.82, 2.24) is 19.9 Å². The quantitative estimate of drug-likeness (QED) is 0.0188. The van der Waals surface area contributed by atoms with Gasteiger partial charge in [0, 0.05) is 123 Å². The molecule has 2 aliphatic rings. The summed E-state index contributed by atoms with van der Waals surface area (Å²) in [6.07, 6.45) is 26.3. The molecule has 4 heterocycles. The number of rotatable bonds is 26. The van der Waals surface area contributed by atoms with E-state index in [4.69, 9.17) is 30.1 Å². The number of aromatic nitrogens is 4. The average molecular weight is 2720 g/mol. The van der Waals surface area contributed by atoms with Gasteiger partial charge < -0.3 is 60.8 Å². The minimum atomic E-state index is -0.537. The van der Waals surface area contributed by atoms with Crippen LogP contribution in [0.4, 0.5) is 0 Å². The van der Waals surface area contributed by atoms with Gasteiger partial charge in [0.05, 0.1) is 47.5 Å². The van der Waals surface area contributed by atoms with Crippen molar-refractivity contribution < 1.29 is 121 Å². The molecule has 4 unspecified atom stereocenters. The third-order valence-corrected chi connectivity index (χ3v) is 26.4. The van der Waals surface area contributed by atoms with Crippen LogP contribution in [0.15, 0.2) is 193 Å². The zero-order valence-electron chi connectivity index (χ0n) is 95.7. The van der Waals surface area contributed by atoms with Crippen molar-refractivity contribution in [3.05, 3.63) is 307 Å². The SMILES string of the molecule is CC(C)C(O)=CC(O)C(C)C.CC(C)C(O)=CC(O)C(C)C.CC(C)CC(O)=CC(O)CC(C)C.CC(O)=CC(C)O.Cc1[c-]c(-c2ncc(CC(C)C)c3cc(CC(C)C)ccc23)cc(C)c1.Cc1[c-]c(-c2nccc3c(C(C)C)cc(C(C)C)cc23)cc(C)c1.Cc1[c-]c(-c2nccc3c(C(C)C)cc(C(C)C)cc23)cc(C)c1.Cc1[c-]c(-c2nccc3cc(C4CCCC4)c(C4CCCC4)cc23)cc(C)c1.[Ir].[Ir].[Ir].[Ir]. The van der Waals surface area contributed by atoms with Crippen molar-refractivity contribution in [3.63, 3.8) is 0 Å². The molecule has 12 nitrogen and oxygen atoms in total. The number of aliphatic hydroxyl groups excluding tert-OH is 8. The van der Waals surface area contributed by atoms with Crippen LogP contribution in [0.25, 0.3) is 88.1 Å². The van der Waals surface area contributed by atoms with Gasteiger partial charge in [0.25, 0.3) is 0 Å². The summed E-state index contributed by atoms with van der Waals surface area (Å²) in [5.74, 6) is 7.21. The van der Waals surface area contributed by atoms with Crippen molar-refractivity contribution in [1.29, 1.82) is 0 Å². The fraction of sp³-hybridized carbons (Fsp3) is 0.485. The van der Waals surface area contributed by atoms with E-state index >= 15 is 0 Å². The summed E-state index contributed by atoms with van der Waals surface area (Å²) in [6.45, 7) is 70.7. The smallest absolute Gasteiger partial charge is 0.0933 e. The molecule has 816 valence electrons. The normalized spacial score (nSPS) is 13.9. The third kappa shape index (κ3) is 42.8. The van der Waals surface area contributed by atoms with Gasteiger partial charge in [-0.15, -0.1) is 140 Å². The Balaban J connectivity index is 0.000000447. The van der Waals surface area contributed by atoms with Crippen LogP contribution in [0.1, 0.15) is 369 Å². The van der Waals surface area contributed by atoms with Gasteiger partial charge in [0.2, 0.25) is 0 Å². The molecule has 0 bridgehead atoms. The number of aliphatic hydroxyl groups is 8. The molecule has 2 saturated carbocycles. The van der Waals surface area contributed by atoms with Gasteiger partial charge in [0.15, 0.2) is 0 Å². The van der Waals surface area contributed by atoms with Crippen LogP contribution < -0.4 is 0 Å². The van der Waals surface area contributed by atoms with Crippen LogP contribution in [-0.2, 0) is 93.3 Å². The summed E-state index contributed by atoms with van der Waals surface area (Å²) in [5, 5.41) is 83.3. The molecule has 12 aromatic rings. The maximum Gasteiger partial charge on any atom is 0.0933 e. The summed E-state index contributed by atoms with van der Waals surface area (Å²) in [5.41, 5.74) is 30.0. The molecule has 8 aromatic carbocycles. The molecule has 4 atom stereocenters. The number of fused-ring (bicyclic) bond motifs is 4. The fourth-order valence-electron chi connectivity index (χ4n) is 19.0. The van der Waals surface area contributed by atoms with Gasteiger partial charge >= 0.3 is 0 Å². The molecule has 14 rings (SSSR count). The predicted octanol–water partition coefficient (Wildman–Crippen LogP) is 35.4. The van der Waals surface area contributed by atoms with Gasteiger partial charge in [-0.05, 0) is 283 Å². The summed E-state index contributed by atoms with van der Waals surface area (Å²) >= 11 is 0. The molecule has 4 radical (unpaired) electrons. The van der Waals surface area contributed by atoms with Gasteiger partial charge in [-0.2, -0.15) is 0 Å². The first-order valence-corrected chi connectivity index (χ1v) is 53.7. The van der Waals surface area contributed by atoms with E-state index in [1.807, 2.05) is 87.8 Å². The summed E-state index contributed by atoms with van der Waals surface area (Å²) in [4.78, 5) is 19.2. The van der Waals surface area contributed by atoms with E-state index in [1.54, 1.807) is 24.1 Å². The van der Waals surface area contributed by atoms with E-state index in [9.17, 15) is 30.6 Å². The van der Waals surface area contributed by atoms with Crippen LogP contribution in [-0.4, -0.2) is 85.2 Å². The van der Waals surface area contributed by atoms with E-state index < -0.39 is 24.4 Å². The number of hydrogen-bond acceptors (Lipinski definition) is 12. The van der Waals surface area contributed by atoms with Crippen molar-refractivity contribution in [2.45, 2.75) is 372 Å². The van der Waals surface area contributed by atoms with Gasteiger partial charge in [-0.3, -0.25) is 0 Å². The van der Waals surface area contributed by atoms with E-state index in [2.05, 4.69) is 304 Å². The van der Waals surface area contributed by atoms with Crippen LogP contribution in [0.5, 0.6) is 0 Å². The second-order valence-corrected chi connectivity index (χ2v) is 45.4. The fourth-order valence-corrected chi connectivity index (χ4v) is 19.0. The Morgan fingerprint density at radius 1 is 0.351 bits per heavy atom. The molecule has 2 aliphatic carbocycles. The van der Waals surface area contributed by atoms with E-state index in [-0.39, 0.29) is 121 Å². The zero-order chi connectivity index (χ0) is 107. The van der Waals surface area contributed by atoms with Crippen molar-refractivity contribution in [2.24, 2.45) is 47.3 Å². The number of benzene rings is 8. The molecule has 0 spiro atoms. The number of nitrogens with zero attached hydrogens (tertiary/aromatic N) is 4. The maximum atomic E-state index is 9.47. The third-order valence-electron chi connectivity index (χ3n) is 26.4. The Kier molecular flexibility index (Phi) is 58.8. The topological polar surface area (TPSA) is 213 Å². The van der Waals surface area contributed by atoms with E-state index in [0.29, 0.717) is 65.9 Å². The Bertz CT molecular complexity index is 5970. The number of aryl methyl sites for hydroxylation is 8. The molecule has 0 aliphatic heterocycles. The van der Waals surface area contributed by atoms with Crippen molar-refractivity contribution >= 4 is 43.1 Å². The maximum absolute atomic E-state index is 9.47. The molecule has 0 amide bonds. The molecule has 4 aromatic heterocycles. The molecule has 148 heavy (non-hydrogen) atoms. The van der Waals surface area contributed by atoms with Crippen LogP contribution in [0, 0.1) is 127 Å². The van der Waals surface area contributed by atoms with Crippen LogP contribution in [0.3, 0.4) is 0 Å². The van der Waals surface area contributed by atoms with Gasteiger partial charge in [-0.25, -0.2) is 0 Å². The number of allylic oxidation sites excluding steroid dienone is 4. The second kappa shape index (κ2) is 64.9. The Morgan fingerprint density at radius 3 is 1.03 bits per heavy atom. The molecular weight excluding hydrogens is 2540 g/mol. The Labute approximate surface area is 947 Å². The Morgan fingerprint density at radius 2 is 0.716 bits per heavy atom. The second-order valence-electron chi connectivity index (χ2n) is 45.4. The molecule has 0 saturated heterocycles.